The molecule has 338 valence electrons. The largest absolute Gasteiger partial charge is 0.465 e. The van der Waals surface area contributed by atoms with Crippen molar-refractivity contribution in [1.82, 2.24) is 40.8 Å². The number of hydrogen-bond acceptors (Lipinski definition) is 10. The zero-order chi connectivity index (χ0) is 44.7. The summed E-state index contributed by atoms with van der Waals surface area (Å²) in [7, 11) is 1.61. The number of carbonyl (C=O) groups is 4. The Hall–Kier alpha value is -5.42. The Kier molecular flexibility index (Phi) is 17.4. The molecule has 0 radical (unpaired) electrons. The normalized spacial score (nSPS) is 16.9. The van der Waals surface area contributed by atoms with Crippen molar-refractivity contribution >= 4 is 35.3 Å². The quantitative estimate of drug-likeness (QED) is 0.0566. The lowest BCUT2D eigenvalue weighted by Gasteiger charge is -2.35. The number of pyridine rings is 1. The summed E-state index contributed by atoms with van der Waals surface area (Å²) in [5.74, 6) is -0.900. The van der Waals surface area contributed by atoms with Crippen LogP contribution in [0.15, 0.2) is 84.4 Å². The zero-order valence-corrected chi connectivity index (χ0v) is 37.3. The number of rotatable bonds is 22. The summed E-state index contributed by atoms with van der Waals surface area (Å²) in [6.45, 7) is 5.48. The van der Waals surface area contributed by atoms with Gasteiger partial charge in [0.25, 0.3) is 5.91 Å². The molecule has 2 aliphatic rings. The second kappa shape index (κ2) is 23.3. The summed E-state index contributed by atoms with van der Waals surface area (Å²) in [6, 6.07) is 20.0. The number of nitrogens with one attached hydrogen (secondary N) is 3. The van der Waals surface area contributed by atoms with Crippen molar-refractivity contribution in [2.24, 2.45) is 11.8 Å². The molecular weight excluding hydrogens is 821 g/mol. The fraction of sp³-hybridized carbons (Fsp3) is 0.489. The van der Waals surface area contributed by atoms with Gasteiger partial charge in [-0.25, -0.2) is 19.6 Å². The molecule has 15 nitrogen and oxygen atoms in total. The molecule has 0 unspecified atom stereocenters. The Balaban J connectivity index is 1.23. The van der Waals surface area contributed by atoms with Gasteiger partial charge in [-0.3, -0.25) is 20.0 Å². The molecule has 0 spiro atoms. The maximum atomic E-state index is 14.6. The van der Waals surface area contributed by atoms with Crippen molar-refractivity contribution in [3.05, 3.63) is 106 Å². The lowest BCUT2D eigenvalue weighted by atomic mass is 9.84. The summed E-state index contributed by atoms with van der Waals surface area (Å²) in [6.07, 6.45) is 5.54. The van der Waals surface area contributed by atoms with Gasteiger partial charge in [0.15, 0.2) is 0 Å². The van der Waals surface area contributed by atoms with Crippen LogP contribution < -0.4 is 16.1 Å². The standard InChI is InChI=1S/C47H62N8O7S/c1-4-32(2)43(55-24-23-53(47(55)61)28-37-31-63-42(49-37)30-62-3)45(58)50-39(25-33-13-7-5-8-14-33)41(56)29-54(27-35-18-20-36(21-19-35)38-17-11-12-22-48-38)52-44(57)40(51-46(59)60)26-34-15-9-6-10-16-34/h5,7-8,11-14,17-22,31-32,34,39-41,43,51,56H,4,6,9-10,15-16,23-30H2,1-3H3,(H,50,58)(H,52,57)(H,59,60)/t32-,39-,40-,41-,43-/m0/s1. The van der Waals surface area contributed by atoms with E-state index in [4.69, 9.17) is 4.74 Å². The maximum absolute atomic E-state index is 14.6. The van der Waals surface area contributed by atoms with Crippen LogP contribution in [0, 0.1) is 11.8 Å². The molecule has 63 heavy (non-hydrogen) atoms. The molecule has 2 aromatic heterocycles. The van der Waals surface area contributed by atoms with Gasteiger partial charge in [0.05, 0.1) is 36.7 Å². The van der Waals surface area contributed by atoms with Crippen LogP contribution in [0.1, 0.15) is 80.6 Å². The van der Waals surface area contributed by atoms with E-state index < -0.39 is 36.2 Å². The van der Waals surface area contributed by atoms with Crippen molar-refractivity contribution in [3.8, 4) is 11.3 Å². The molecular formula is C47H62N8O7S. The van der Waals surface area contributed by atoms with Crippen LogP contribution in [0.2, 0.25) is 0 Å². The van der Waals surface area contributed by atoms with Gasteiger partial charge in [-0.15, -0.1) is 11.3 Å². The number of hydrazine groups is 1. The highest BCUT2D eigenvalue weighted by molar-refractivity contribution is 7.09. The van der Waals surface area contributed by atoms with E-state index in [1.807, 2.05) is 92.0 Å². The molecule has 3 heterocycles. The van der Waals surface area contributed by atoms with Crippen LogP contribution in [0.5, 0.6) is 0 Å². The van der Waals surface area contributed by atoms with Crippen molar-refractivity contribution < 1.29 is 34.1 Å². The van der Waals surface area contributed by atoms with E-state index in [-0.39, 0.29) is 43.3 Å². The fourth-order valence-electron chi connectivity index (χ4n) is 8.57. The van der Waals surface area contributed by atoms with Crippen molar-refractivity contribution in [2.75, 3.05) is 26.7 Å². The Morgan fingerprint density at radius 1 is 0.952 bits per heavy atom. The number of aliphatic hydroxyl groups excluding tert-OH is 1. The monoisotopic (exact) mass is 882 g/mol. The minimum atomic E-state index is -1.29. The number of amides is 5. The van der Waals surface area contributed by atoms with Crippen LogP contribution in [0.4, 0.5) is 9.59 Å². The summed E-state index contributed by atoms with van der Waals surface area (Å²) in [5, 5.41) is 31.9. The molecule has 16 heteroatoms. The van der Waals surface area contributed by atoms with Crippen molar-refractivity contribution in [2.45, 2.75) is 109 Å². The van der Waals surface area contributed by atoms with E-state index in [0.717, 1.165) is 65.2 Å². The predicted molar refractivity (Wildman–Crippen MR) is 241 cm³/mol. The highest BCUT2D eigenvalue weighted by Gasteiger charge is 2.41. The number of aliphatic hydroxyl groups is 1. The summed E-state index contributed by atoms with van der Waals surface area (Å²) < 4.78 is 5.21. The minimum Gasteiger partial charge on any atom is -0.465 e. The van der Waals surface area contributed by atoms with Crippen molar-refractivity contribution in [3.63, 3.8) is 0 Å². The van der Waals surface area contributed by atoms with Gasteiger partial charge in [-0.2, -0.15) is 0 Å². The van der Waals surface area contributed by atoms with E-state index in [0.29, 0.717) is 39.1 Å². The molecule has 2 aromatic carbocycles. The van der Waals surface area contributed by atoms with Crippen LogP contribution in [0.3, 0.4) is 0 Å². The molecule has 1 aliphatic heterocycles. The number of thiazole rings is 1. The number of aromatic nitrogens is 2. The Labute approximate surface area is 374 Å². The van der Waals surface area contributed by atoms with E-state index in [9.17, 15) is 29.4 Å². The fourth-order valence-corrected chi connectivity index (χ4v) is 9.33. The lowest BCUT2D eigenvalue weighted by Crippen LogP contribution is -2.59. The molecule has 1 saturated carbocycles. The topological polar surface area (TPSA) is 190 Å². The molecule has 5 atom stereocenters. The highest BCUT2D eigenvalue weighted by atomic mass is 32.1. The van der Waals surface area contributed by atoms with Crippen LogP contribution in [0.25, 0.3) is 11.3 Å². The Morgan fingerprint density at radius 2 is 1.70 bits per heavy atom. The highest BCUT2D eigenvalue weighted by Crippen LogP contribution is 2.28. The molecule has 4 aromatic rings. The van der Waals surface area contributed by atoms with Crippen LogP contribution in [-0.4, -0.2) is 110 Å². The molecule has 5 amide bonds. The van der Waals surface area contributed by atoms with Gasteiger partial charge >= 0.3 is 12.1 Å². The molecule has 1 aliphatic carbocycles. The first-order valence-electron chi connectivity index (χ1n) is 22.1. The molecule has 2 fully saturated rings. The van der Waals surface area contributed by atoms with E-state index in [1.54, 1.807) is 28.1 Å². The van der Waals surface area contributed by atoms with Gasteiger partial charge in [0, 0.05) is 50.4 Å². The van der Waals surface area contributed by atoms with E-state index >= 15 is 0 Å². The second-order valence-electron chi connectivity index (χ2n) is 16.8. The summed E-state index contributed by atoms with van der Waals surface area (Å²) in [4.78, 5) is 67.0. The number of nitrogens with zero attached hydrogens (tertiary/aromatic N) is 5. The van der Waals surface area contributed by atoms with Crippen LogP contribution in [-0.2, 0) is 40.4 Å². The van der Waals surface area contributed by atoms with Gasteiger partial charge in [-0.1, -0.05) is 113 Å². The van der Waals surface area contributed by atoms with E-state index in [2.05, 4.69) is 26.0 Å². The average molecular weight is 883 g/mol. The third-order valence-electron chi connectivity index (χ3n) is 12.1. The zero-order valence-electron chi connectivity index (χ0n) is 36.5. The summed E-state index contributed by atoms with van der Waals surface area (Å²) in [5.41, 5.74) is 7.14. The van der Waals surface area contributed by atoms with Gasteiger partial charge in [-0.05, 0) is 47.9 Å². The number of carbonyl (C=O) groups excluding carboxylic acids is 3. The SMILES string of the molecule is CC[C@H](C)[C@@H](C(=O)N[C@@H](Cc1ccccc1)[C@@H](O)CN(Cc1ccc(-c2ccccn2)cc1)NC(=O)[C@H](CC1CCCCC1)NC(=O)O)N1CCN(Cc2csc(COC)n2)C1=O. The first-order chi connectivity index (χ1) is 30.5. The molecule has 1 saturated heterocycles. The molecule has 0 bridgehead atoms. The predicted octanol–water partition coefficient (Wildman–Crippen LogP) is 6.23. The number of methoxy groups -OCH3 is 1. The number of carboxylic acid groups (broad SMARTS) is 1. The smallest absolute Gasteiger partial charge is 0.405 e. The maximum Gasteiger partial charge on any atom is 0.405 e. The number of ether oxygens (including phenoxy) is 1. The minimum absolute atomic E-state index is 0.113. The average Bonchev–Trinajstić information content (AvgIpc) is 3.89. The Bertz CT molecular complexity index is 2070. The van der Waals surface area contributed by atoms with Gasteiger partial charge < -0.3 is 35.4 Å². The van der Waals surface area contributed by atoms with Gasteiger partial charge in [0.2, 0.25) is 5.91 Å². The number of urea groups is 1. The van der Waals surface area contributed by atoms with E-state index in [1.165, 1.54) is 11.3 Å². The summed E-state index contributed by atoms with van der Waals surface area (Å²) >= 11 is 1.48. The second-order valence-corrected chi connectivity index (χ2v) is 17.7. The first kappa shape index (κ1) is 47.1. The lowest BCUT2D eigenvalue weighted by molar-refractivity contribution is -0.131. The third-order valence-corrected chi connectivity index (χ3v) is 13.0. The van der Waals surface area contributed by atoms with Gasteiger partial charge in [0.1, 0.15) is 17.1 Å². The Morgan fingerprint density at radius 3 is 2.38 bits per heavy atom. The molecule has 5 N–H and O–H groups in total. The number of hydrogen-bond donors (Lipinski definition) is 5. The number of benzene rings is 2. The first-order valence-corrected chi connectivity index (χ1v) is 22.9. The van der Waals surface area contributed by atoms with Crippen LogP contribution >= 0.6 is 11.3 Å². The third kappa shape index (κ3) is 13.5. The van der Waals surface area contributed by atoms with Crippen molar-refractivity contribution in [1.29, 1.82) is 0 Å². The molecule has 6 rings (SSSR count).